The summed E-state index contributed by atoms with van der Waals surface area (Å²) in [4.78, 5) is 27.8. The van der Waals surface area contributed by atoms with Crippen molar-refractivity contribution in [2.75, 3.05) is 39.3 Å². The molecule has 3 rings (SSSR count). The van der Waals surface area contributed by atoms with Gasteiger partial charge in [0, 0.05) is 50.2 Å². The third kappa shape index (κ3) is 5.05. The van der Waals surface area contributed by atoms with Gasteiger partial charge in [-0.1, -0.05) is 12.1 Å². The Morgan fingerprint density at radius 2 is 1.86 bits per heavy atom. The van der Waals surface area contributed by atoms with Crippen molar-refractivity contribution in [3.05, 3.63) is 52.2 Å². The maximum Gasteiger partial charge on any atom is 0.254 e. The second-order valence-corrected chi connectivity index (χ2v) is 9.17. The Kier molecular flexibility index (Phi) is 6.61. The summed E-state index contributed by atoms with van der Waals surface area (Å²) in [6.45, 7) is 4.90. The van der Waals surface area contributed by atoms with E-state index in [0.29, 0.717) is 38.3 Å². The molecule has 0 atom stereocenters. The molecular formula is C19H23N3O4S2. The van der Waals surface area contributed by atoms with E-state index < -0.39 is 10.0 Å². The van der Waals surface area contributed by atoms with Crippen LogP contribution in [0.25, 0.3) is 0 Å². The minimum atomic E-state index is -3.66. The minimum absolute atomic E-state index is 0.0481. The van der Waals surface area contributed by atoms with E-state index in [1.54, 1.807) is 12.1 Å². The molecule has 9 heteroatoms. The summed E-state index contributed by atoms with van der Waals surface area (Å²) in [5.41, 5.74) is 1.09. The third-order valence-corrected chi connectivity index (χ3v) is 6.84. The van der Waals surface area contributed by atoms with Crippen molar-refractivity contribution in [1.82, 2.24) is 14.5 Å². The molecule has 0 aliphatic carbocycles. The quantitative estimate of drug-likeness (QED) is 0.688. The number of rotatable bonds is 7. The molecule has 1 fully saturated rings. The van der Waals surface area contributed by atoms with Crippen molar-refractivity contribution >= 4 is 33.1 Å². The van der Waals surface area contributed by atoms with Gasteiger partial charge in [0.2, 0.25) is 10.0 Å². The van der Waals surface area contributed by atoms with Crippen LogP contribution in [0.2, 0.25) is 0 Å². The fourth-order valence-electron chi connectivity index (χ4n) is 3.05. The van der Waals surface area contributed by atoms with Gasteiger partial charge in [0.05, 0.1) is 10.5 Å². The number of nitrogens with zero attached hydrogens (tertiary/aromatic N) is 2. The van der Waals surface area contributed by atoms with Crippen molar-refractivity contribution in [3.63, 3.8) is 0 Å². The number of carbonyl (C=O) groups is 2. The van der Waals surface area contributed by atoms with E-state index in [0.717, 1.165) is 5.56 Å². The molecular weight excluding hydrogens is 398 g/mol. The average Bonchev–Trinajstić information content (AvgIpc) is 3.23. The Morgan fingerprint density at radius 3 is 2.50 bits per heavy atom. The predicted molar refractivity (Wildman–Crippen MR) is 108 cm³/mol. The first-order valence-corrected chi connectivity index (χ1v) is 11.4. The van der Waals surface area contributed by atoms with E-state index in [9.17, 15) is 18.0 Å². The Balaban J connectivity index is 1.47. The van der Waals surface area contributed by atoms with Crippen LogP contribution in [0.5, 0.6) is 0 Å². The van der Waals surface area contributed by atoms with Crippen molar-refractivity contribution in [1.29, 1.82) is 0 Å². The van der Waals surface area contributed by atoms with Crippen molar-refractivity contribution in [3.8, 4) is 0 Å². The van der Waals surface area contributed by atoms with Gasteiger partial charge in [-0.25, -0.2) is 13.1 Å². The van der Waals surface area contributed by atoms with Crippen LogP contribution in [0.3, 0.4) is 0 Å². The molecule has 28 heavy (non-hydrogen) atoms. The molecule has 2 aromatic rings. The minimum Gasteiger partial charge on any atom is -0.336 e. The molecule has 1 aromatic carbocycles. The van der Waals surface area contributed by atoms with E-state index in [1.807, 2.05) is 21.7 Å². The first kappa shape index (κ1) is 20.7. The molecule has 0 saturated carbocycles. The van der Waals surface area contributed by atoms with Crippen LogP contribution in [-0.2, 0) is 10.0 Å². The van der Waals surface area contributed by atoms with Crippen molar-refractivity contribution in [2.24, 2.45) is 0 Å². The van der Waals surface area contributed by atoms with Gasteiger partial charge in [0.1, 0.15) is 0 Å². The lowest BCUT2D eigenvalue weighted by atomic mass is 10.2. The summed E-state index contributed by atoms with van der Waals surface area (Å²) in [7, 11) is -3.66. The summed E-state index contributed by atoms with van der Waals surface area (Å²) in [6.07, 6.45) is 0. The zero-order valence-electron chi connectivity index (χ0n) is 15.6. The molecule has 1 N–H and O–H groups in total. The zero-order chi connectivity index (χ0) is 20.1. The number of ketones is 1. The number of sulfonamides is 1. The lowest BCUT2D eigenvalue weighted by molar-refractivity contribution is 0.0640. The van der Waals surface area contributed by atoms with Gasteiger partial charge in [0.25, 0.3) is 5.91 Å². The summed E-state index contributed by atoms with van der Waals surface area (Å²) < 4.78 is 27.4. The summed E-state index contributed by atoms with van der Waals surface area (Å²) in [5, 5.41) is 3.74. The van der Waals surface area contributed by atoms with Gasteiger partial charge in [0.15, 0.2) is 5.78 Å². The highest BCUT2D eigenvalue weighted by Gasteiger charge is 2.22. The Labute approximate surface area is 169 Å². The SMILES string of the molecule is CC(=O)c1cccc(S(=O)(=O)NCCN2CCN(C(=O)c3ccsc3)CC2)c1. The molecule has 0 radical (unpaired) electrons. The number of hydrogen-bond donors (Lipinski definition) is 1. The van der Waals surface area contributed by atoms with E-state index in [4.69, 9.17) is 0 Å². The van der Waals surface area contributed by atoms with Gasteiger partial charge in [-0.3, -0.25) is 14.5 Å². The Morgan fingerprint density at radius 1 is 1.11 bits per heavy atom. The monoisotopic (exact) mass is 421 g/mol. The standard InChI is InChI=1S/C19H23N3O4S2/c1-15(23)16-3-2-4-18(13-16)28(25,26)20-6-7-21-8-10-22(11-9-21)19(24)17-5-12-27-14-17/h2-5,12-14,20H,6-11H2,1H3. The lowest BCUT2D eigenvalue weighted by Crippen LogP contribution is -2.50. The van der Waals surface area contributed by atoms with Gasteiger partial charge in [-0.15, -0.1) is 0 Å². The van der Waals surface area contributed by atoms with Crippen LogP contribution >= 0.6 is 11.3 Å². The Bertz CT molecular complexity index is 934. The number of amides is 1. The number of hydrogen-bond acceptors (Lipinski definition) is 6. The molecule has 2 heterocycles. The molecule has 0 unspecified atom stereocenters. The molecule has 1 aromatic heterocycles. The topological polar surface area (TPSA) is 86.8 Å². The summed E-state index contributed by atoms with van der Waals surface area (Å²) in [6, 6.07) is 7.85. The van der Waals surface area contributed by atoms with Crippen LogP contribution in [0.15, 0.2) is 46.0 Å². The highest BCUT2D eigenvalue weighted by molar-refractivity contribution is 7.89. The second-order valence-electron chi connectivity index (χ2n) is 6.63. The number of thiophene rings is 1. The average molecular weight is 422 g/mol. The molecule has 1 aliphatic heterocycles. The fourth-order valence-corrected chi connectivity index (χ4v) is 4.74. The molecule has 0 bridgehead atoms. The smallest absolute Gasteiger partial charge is 0.254 e. The van der Waals surface area contributed by atoms with Gasteiger partial charge in [-0.2, -0.15) is 11.3 Å². The van der Waals surface area contributed by atoms with Crippen molar-refractivity contribution < 1.29 is 18.0 Å². The van der Waals surface area contributed by atoms with Gasteiger partial charge >= 0.3 is 0 Å². The molecule has 1 amide bonds. The summed E-state index contributed by atoms with van der Waals surface area (Å²) >= 11 is 1.50. The van der Waals surface area contributed by atoms with Crippen molar-refractivity contribution in [2.45, 2.75) is 11.8 Å². The van der Waals surface area contributed by atoms with E-state index in [1.165, 1.54) is 30.4 Å². The number of benzene rings is 1. The highest BCUT2D eigenvalue weighted by atomic mass is 32.2. The normalized spacial score (nSPS) is 15.5. The van der Waals surface area contributed by atoms with Crippen LogP contribution in [-0.4, -0.2) is 69.2 Å². The number of carbonyl (C=O) groups excluding carboxylic acids is 2. The van der Waals surface area contributed by atoms with Crippen LogP contribution in [0.4, 0.5) is 0 Å². The predicted octanol–water partition coefficient (Wildman–Crippen LogP) is 1.69. The Hall–Kier alpha value is -2.07. The maximum absolute atomic E-state index is 12.4. The molecule has 1 aliphatic rings. The molecule has 7 nitrogen and oxygen atoms in total. The number of piperazine rings is 1. The second kappa shape index (κ2) is 8.95. The zero-order valence-corrected chi connectivity index (χ0v) is 17.3. The van der Waals surface area contributed by atoms with Gasteiger partial charge in [-0.05, 0) is 30.5 Å². The number of Topliss-reactive ketones (excluding diaryl/α,β-unsaturated/α-hetero) is 1. The summed E-state index contributed by atoms with van der Waals surface area (Å²) in [5.74, 6) is -0.126. The highest BCUT2D eigenvalue weighted by Crippen LogP contribution is 2.13. The first-order chi connectivity index (χ1) is 13.4. The molecule has 1 saturated heterocycles. The van der Waals surface area contributed by atoms with E-state index in [-0.39, 0.29) is 23.1 Å². The fraction of sp³-hybridized carbons (Fsp3) is 0.368. The lowest BCUT2D eigenvalue weighted by Gasteiger charge is -2.34. The van der Waals surface area contributed by atoms with Crippen LogP contribution < -0.4 is 4.72 Å². The van der Waals surface area contributed by atoms with Gasteiger partial charge < -0.3 is 4.90 Å². The molecule has 150 valence electrons. The van der Waals surface area contributed by atoms with Crippen LogP contribution in [0, 0.1) is 0 Å². The van der Waals surface area contributed by atoms with E-state index in [2.05, 4.69) is 9.62 Å². The largest absolute Gasteiger partial charge is 0.336 e. The molecule has 0 spiro atoms. The van der Waals surface area contributed by atoms with Crippen LogP contribution in [0.1, 0.15) is 27.6 Å². The maximum atomic E-state index is 12.4. The third-order valence-electron chi connectivity index (χ3n) is 4.70. The first-order valence-electron chi connectivity index (χ1n) is 9.01. The van der Waals surface area contributed by atoms with E-state index >= 15 is 0 Å². The number of nitrogens with one attached hydrogen (secondary N) is 1.